The number of rotatable bonds is 7. The van der Waals surface area contributed by atoms with Crippen LogP contribution in [-0.2, 0) is 0 Å². The van der Waals surface area contributed by atoms with Gasteiger partial charge in [0.1, 0.15) is 5.82 Å². The number of para-hydroxylation sites is 3. The topological polar surface area (TPSA) is 70.8 Å². The van der Waals surface area contributed by atoms with Gasteiger partial charge in [-0.05, 0) is 78.9 Å². The first-order chi connectivity index (χ1) is 28.6. The largest absolute Gasteiger partial charge is 0.311 e. The third kappa shape index (κ3) is 6.22. The molecule has 7 aromatic carbocycles. The number of nitrogens with zero attached hydrogens (tertiary/aromatic N) is 8. The molecule has 0 aliphatic heterocycles. The van der Waals surface area contributed by atoms with Gasteiger partial charge in [0.15, 0.2) is 17.1 Å². The monoisotopic (exact) mass is 740 g/mol. The van der Waals surface area contributed by atoms with Gasteiger partial charge in [-0.2, -0.15) is 5.26 Å². The molecule has 2 heterocycles. The number of aromatic nitrogens is 3. The van der Waals surface area contributed by atoms with Crippen molar-refractivity contribution < 1.29 is 0 Å². The summed E-state index contributed by atoms with van der Waals surface area (Å²) in [6.07, 6.45) is 0. The van der Waals surface area contributed by atoms with Crippen LogP contribution < -0.4 is 4.90 Å². The summed E-state index contributed by atoms with van der Waals surface area (Å²) in [6.45, 7) is 23.0. The van der Waals surface area contributed by atoms with E-state index >= 15 is 0 Å². The van der Waals surface area contributed by atoms with Crippen LogP contribution in [0.15, 0.2) is 170 Å². The van der Waals surface area contributed by atoms with Crippen molar-refractivity contribution in [2.24, 2.45) is 0 Å². The molecule has 0 amide bonds. The molecule has 58 heavy (non-hydrogen) atoms. The summed E-state index contributed by atoms with van der Waals surface area (Å²) in [7, 11) is 0. The summed E-state index contributed by atoms with van der Waals surface area (Å²) in [5.41, 5.74) is 11.3. The number of nitriles is 1. The Morgan fingerprint density at radius 2 is 1.10 bits per heavy atom. The lowest BCUT2D eigenvalue weighted by molar-refractivity contribution is 1.17. The third-order valence-electron chi connectivity index (χ3n) is 10.1. The van der Waals surface area contributed by atoms with E-state index in [1.54, 1.807) is 12.1 Å². The number of fused-ring (bicyclic) bond motifs is 3. The van der Waals surface area contributed by atoms with Gasteiger partial charge >= 0.3 is 0 Å². The number of hydrogen-bond donors (Lipinski definition) is 0. The highest BCUT2D eigenvalue weighted by atomic mass is 15.1. The lowest BCUT2D eigenvalue weighted by Gasteiger charge is -2.26. The SMILES string of the molecule is [C-]#[N+]c1ccc(N(c2ccc(C#N)cc2)c2ccc3c(c2)c2ccccc2n3-c2ccc(-c3cc(-c4ccccc4[N+]#[C-])nc(-c4ccccc4[N+]#[C-])n3)cc2)cc1. The van der Waals surface area contributed by atoms with Crippen LogP contribution in [0.3, 0.4) is 0 Å². The van der Waals surface area contributed by atoms with Gasteiger partial charge in [-0.1, -0.05) is 91.0 Å². The minimum absolute atomic E-state index is 0.415. The molecular formula is C50H28N8. The van der Waals surface area contributed by atoms with Gasteiger partial charge in [0.25, 0.3) is 0 Å². The molecule has 8 nitrogen and oxygen atoms in total. The second-order valence-corrected chi connectivity index (χ2v) is 13.4. The Morgan fingerprint density at radius 3 is 1.79 bits per heavy atom. The summed E-state index contributed by atoms with van der Waals surface area (Å²) in [5.74, 6) is 0.415. The predicted molar refractivity (Wildman–Crippen MR) is 231 cm³/mol. The molecule has 8 heteroatoms. The van der Waals surface area contributed by atoms with Gasteiger partial charge in [-0.25, -0.2) is 24.5 Å². The van der Waals surface area contributed by atoms with Crippen LogP contribution in [0.2, 0.25) is 0 Å². The zero-order valence-corrected chi connectivity index (χ0v) is 30.7. The predicted octanol–water partition coefficient (Wildman–Crippen LogP) is 13.6. The van der Waals surface area contributed by atoms with Gasteiger partial charge in [-0.3, -0.25) is 0 Å². The summed E-state index contributed by atoms with van der Waals surface area (Å²) < 4.78 is 2.25. The van der Waals surface area contributed by atoms with Crippen LogP contribution in [0, 0.1) is 31.0 Å². The van der Waals surface area contributed by atoms with Crippen LogP contribution in [0.5, 0.6) is 0 Å². The molecule has 268 valence electrons. The Bertz CT molecular complexity index is 3070. The maximum atomic E-state index is 9.47. The molecule has 0 fully saturated rings. The van der Waals surface area contributed by atoms with Crippen molar-refractivity contribution in [2.45, 2.75) is 0 Å². The van der Waals surface area contributed by atoms with E-state index in [0.29, 0.717) is 51.0 Å². The maximum Gasteiger partial charge on any atom is 0.198 e. The molecule has 0 aliphatic carbocycles. The Hall–Kier alpha value is -8.82. The van der Waals surface area contributed by atoms with E-state index in [1.165, 1.54) is 0 Å². The number of benzene rings is 7. The van der Waals surface area contributed by atoms with E-state index in [9.17, 15) is 5.26 Å². The molecule has 0 saturated carbocycles. The third-order valence-corrected chi connectivity index (χ3v) is 10.1. The first-order valence-corrected chi connectivity index (χ1v) is 18.3. The summed E-state index contributed by atoms with van der Waals surface area (Å²) >= 11 is 0. The molecule has 2 aromatic heterocycles. The molecule has 0 unspecified atom stereocenters. The van der Waals surface area contributed by atoms with Crippen molar-refractivity contribution >= 4 is 55.9 Å². The first kappa shape index (κ1) is 34.9. The van der Waals surface area contributed by atoms with E-state index in [1.807, 2.05) is 115 Å². The van der Waals surface area contributed by atoms with Gasteiger partial charge < -0.3 is 9.47 Å². The number of anilines is 3. The van der Waals surface area contributed by atoms with Crippen molar-refractivity contribution in [3.63, 3.8) is 0 Å². The highest BCUT2D eigenvalue weighted by molar-refractivity contribution is 6.10. The van der Waals surface area contributed by atoms with Crippen molar-refractivity contribution in [3.05, 3.63) is 210 Å². The van der Waals surface area contributed by atoms with Crippen LogP contribution in [0.25, 0.3) is 75.9 Å². The van der Waals surface area contributed by atoms with Crippen LogP contribution in [0.1, 0.15) is 5.56 Å². The zero-order chi connectivity index (χ0) is 39.6. The number of hydrogen-bond acceptors (Lipinski definition) is 4. The summed E-state index contributed by atoms with van der Waals surface area (Å²) in [4.78, 5) is 23.1. The van der Waals surface area contributed by atoms with Gasteiger partial charge in [0.2, 0.25) is 0 Å². The molecule has 9 aromatic rings. The smallest absolute Gasteiger partial charge is 0.198 e. The second kappa shape index (κ2) is 14.8. The van der Waals surface area contributed by atoms with E-state index in [2.05, 4.69) is 72.5 Å². The average Bonchev–Trinajstić information content (AvgIpc) is 3.63. The maximum absolute atomic E-state index is 9.47. The molecule has 9 rings (SSSR count). The van der Waals surface area contributed by atoms with Crippen molar-refractivity contribution in [1.82, 2.24) is 14.5 Å². The molecule has 0 saturated heterocycles. The molecule has 0 spiro atoms. The average molecular weight is 741 g/mol. The fourth-order valence-corrected chi connectivity index (χ4v) is 7.37. The standard InChI is InChI=1S/C50H28N8/c1-52-35-20-26-37(27-21-35)57(36-22-16-33(32-51)17-23-36)39-28-29-49-43(30-39)40-10-6-9-15-48(40)58(49)38-24-18-34(19-25-38)46-31-47(41-11-4-7-13-44(41)53-2)56-50(55-46)42-12-5-8-14-45(42)54-3/h4-31H. The van der Waals surface area contributed by atoms with E-state index in [4.69, 9.17) is 29.7 Å². The zero-order valence-electron chi connectivity index (χ0n) is 30.7. The Balaban J connectivity index is 1.16. The Morgan fingerprint density at radius 1 is 0.517 bits per heavy atom. The Kier molecular flexibility index (Phi) is 8.90. The molecule has 0 radical (unpaired) electrons. The lowest BCUT2D eigenvalue weighted by atomic mass is 10.0. The van der Waals surface area contributed by atoms with E-state index < -0.39 is 0 Å². The van der Waals surface area contributed by atoms with Crippen LogP contribution in [-0.4, -0.2) is 14.5 Å². The normalized spacial score (nSPS) is 10.7. The summed E-state index contributed by atoms with van der Waals surface area (Å²) in [6, 6.07) is 56.8. The minimum atomic E-state index is 0.415. The molecule has 0 atom stereocenters. The van der Waals surface area contributed by atoms with Crippen molar-refractivity contribution in [3.8, 4) is 45.7 Å². The fourth-order valence-electron chi connectivity index (χ4n) is 7.37. The fraction of sp³-hybridized carbons (Fsp3) is 0. The second-order valence-electron chi connectivity index (χ2n) is 13.4. The van der Waals surface area contributed by atoms with Gasteiger partial charge in [-0.15, -0.1) is 0 Å². The molecule has 0 bridgehead atoms. The highest BCUT2D eigenvalue weighted by Crippen LogP contribution is 2.41. The van der Waals surface area contributed by atoms with Crippen molar-refractivity contribution in [1.29, 1.82) is 5.26 Å². The highest BCUT2D eigenvalue weighted by Gasteiger charge is 2.19. The first-order valence-electron chi connectivity index (χ1n) is 18.3. The van der Waals surface area contributed by atoms with E-state index in [0.717, 1.165) is 50.1 Å². The van der Waals surface area contributed by atoms with Gasteiger partial charge in [0.05, 0.1) is 53.8 Å². The lowest BCUT2D eigenvalue weighted by Crippen LogP contribution is -2.09. The van der Waals surface area contributed by atoms with Crippen LogP contribution in [0.4, 0.5) is 34.1 Å². The van der Waals surface area contributed by atoms with Gasteiger partial charge in [0, 0.05) is 50.2 Å². The van der Waals surface area contributed by atoms with Crippen molar-refractivity contribution in [2.75, 3.05) is 4.90 Å². The Labute approximate surface area is 334 Å². The minimum Gasteiger partial charge on any atom is -0.311 e. The summed E-state index contributed by atoms with van der Waals surface area (Å²) in [5, 5.41) is 11.6. The molecular weight excluding hydrogens is 713 g/mol. The van der Waals surface area contributed by atoms with E-state index in [-0.39, 0.29) is 0 Å². The molecule has 0 aliphatic rings. The quantitative estimate of drug-likeness (QED) is 0.153. The van der Waals surface area contributed by atoms with Crippen LogP contribution >= 0.6 is 0 Å². The molecule has 0 N–H and O–H groups in total.